The van der Waals surface area contributed by atoms with Gasteiger partial charge in [-0.05, 0) is 29.4 Å². The summed E-state index contributed by atoms with van der Waals surface area (Å²) in [5.41, 5.74) is 2.61. The quantitative estimate of drug-likeness (QED) is 0.614. The summed E-state index contributed by atoms with van der Waals surface area (Å²) in [6, 6.07) is 27.3. The molecule has 0 bridgehead atoms. The van der Waals surface area contributed by atoms with Crippen LogP contribution in [0.1, 0.15) is 29.2 Å². The Kier molecular flexibility index (Phi) is 4.57. The van der Waals surface area contributed by atoms with Crippen LogP contribution < -0.4 is 10.2 Å². The van der Waals surface area contributed by atoms with Gasteiger partial charge in [-0.3, -0.25) is 9.59 Å². The van der Waals surface area contributed by atoms with Gasteiger partial charge in [-0.15, -0.1) is 0 Å². The Balaban J connectivity index is 1.55. The molecule has 0 radical (unpaired) electrons. The van der Waals surface area contributed by atoms with E-state index in [1.807, 2.05) is 94.8 Å². The zero-order valence-electron chi connectivity index (χ0n) is 17.8. The van der Waals surface area contributed by atoms with Crippen molar-refractivity contribution in [3.63, 3.8) is 0 Å². The first kappa shape index (κ1) is 20.1. The summed E-state index contributed by atoms with van der Waals surface area (Å²) >= 11 is 5.66. The highest BCUT2D eigenvalue weighted by Gasteiger charge is 2.63. The molecular weight excluding hydrogens is 432 g/mol. The van der Waals surface area contributed by atoms with Crippen molar-refractivity contribution in [1.82, 2.24) is 15.3 Å². The van der Waals surface area contributed by atoms with Crippen LogP contribution in [0.25, 0.3) is 0 Å². The molecule has 3 aromatic rings. The molecule has 6 nitrogen and oxygen atoms in total. The number of anilines is 1. The molecule has 1 N–H and O–H groups in total. The van der Waals surface area contributed by atoms with E-state index in [4.69, 9.17) is 12.2 Å². The van der Waals surface area contributed by atoms with Gasteiger partial charge in [0, 0.05) is 18.5 Å². The normalized spacial score (nSPS) is 24.2. The minimum absolute atomic E-state index is 0.0526. The predicted molar refractivity (Wildman–Crippen MR) is 129 cm³/mol. The van der Waals surface area contributed by atoms with Gasteiger partial charge in [-0.2, -0.15) is 0 Å². The molecule has 6 rings (SSSR count). The van der Waals surface area contributed by atoms with E-state index in [1.54, 1.807) is 0 Å². The van der Waals surface area contributed by atoms with Gasteiger partial charge in [0.05, 0.1) is 18.3 Å². The molecule has 0 saturated carbocycles. The largest absolute Gasteiger partial charge is 0.341 e. The lowest BCUT2D eigenvalue weighted by Crippen LogP contribution is -2.69. The summed E-state index contributed by atoms with van der Waals surface area (Å²) in [6.45, 7) is 0.965. The van der Waals surface area contributed by atoms with E-state index in [1.165, 1.54) is 5.01 Å². The van der Waals surface area contributed by atoms with Crippen LogP contribution in [0.4, 0.5) is 5.69 Å². The molecule has 3 heterocycles. The second-order valence-corrected chi connectivity index (χ2v) is 8.95. The van der Waals surface area contributed by atoms with Crippen LogP contribution in [-0.4, -0.2) is 33.5 Å². The molecule has 164 valence electrons. The van der Waals surface area contributed by atoms with E-state index in [9.17, 15) is 9.59 Å². The third-order valence-corrected chi connectivity index (χ3v) is 7.03. The van der Waals surface area contributed by atoms with E-state index in [-0.39, 0.29) is 16.9 Å². The fraction of sp³-hybridized carbons (Fsp3) is 0.192. The summed E-state index contributed by atoms with van der Waals surface area (Å²) in [5.74, 6) is -0.120. The zero-order valence-corrected chi connectivity index (χ0v) is 18.7. The lowest BCUT2D eigenvalue weighted by atomic mass is 9.79. The molecule has 0 aromatic heterocycles. The number of carbonyl (C=O) groups excluding carboxylic acids is 2. The van der Waals surface area contributed by atoms with Crippen molar-refractivity contribution in [2.45, 2.75) is 24.5 Å². The van der Waals surface area contributed by atoms with Gasteiger partial charge < -0.3 is 10.2 Å². The third-order valence-electron chi connectivity index (χ3n) is 6.75. The highest BCUT2D eigenvalue weighted by atomic mass is 32.1. The Morgan fingerprint density at radius 3 is 2.33 bits per heavy atom. The zero-order chi connectivity index (χ0) is 22.6. The van der Waals surface area contributed by atoms with Crippen molar-refractivity contribution in [1.29, 1.82) is 0 Å². The molecule has 0 aliphatic carbocycles. The van der Waals surface area contributed by atoms with Crippen LogP contribution in [0.2, 0.25) is 0 Å². The number of carbonyl (C=O) groups is 2. The molecule has 7 heteroatoms. The number of rotatable bonds is 3. The number of hydrogen-bond acceptors (Lipinski definition) is 4. The van der Waals surface area contributed by atoms with Crippen molar-refractivity contribution >= 4 is 34.8 Å². The maximum Gasteiger partial charge on any atom is 0.259 e. The van der Waals surface area contributed by atoms with E-state index >= 15 is 0 Å². The first-order chi connectivity index (χ1) is 16.1. The van der Waals surface area contributed by atoms with Gasteiger partial charge in [0.25, 0.3) is 5.91 Å². The molecule has 2 atom stereocenters. The van der Waals surface area contributed by atoms with E-state index in [2.05, 4.69) is 5.32 Å². The number of fused-ring (bicyclic) bond motifs is 3. The van der Waals surface area contributed by atoms with Gasteiger partial charge >= 0.3 is 0 Å². The Bertz CT molecular complexity index is 1270. The number of thiocarbonyl (C=S) groups is 1. The van der Waals surface area contributed by atoms with Gasteiger partial charge in [-0.25, -0.2) is 10.0 Å². The molecule has 3 aliphatic rings. The third kappa shape index (κ3) is 2.86. The summed E-state index contributed by atoms with van der Waals surface area (Å²) in [7, 11) is 0. The number of nitrogens with one attached hydrogen (secondary N) is 1. The van der Waals surface area contributed by atoms with Crippen LogP contribution in [0.3, 0.4) is 0 Å². The van der Waals surface area contributed by atoms with Crippen molar-refractivity contribution in [2.75, 3.05) is 11.4 Å². The molecule has 33 heavy (non-hydrogen) atoms. The standard InChI is InChI=1S/C26H22N4O2S/c31-22-15-16-29-23(19-11-5-2-6-12-19)26(27-25(33)30(22)29)20-13-7-8-14-21(20)28(24(26)32)17-18-9-3-1-4-10-18/h1-14,23H,15-17H2,(H,27,33)/t23-,26+/m0/s1. The maximum absolute atomic E-state index is 14.4. The second-order valence-electron chi connectivity index (χ2n) is 8.56. The number of nitrogens with zero attached hydrogens (tertiary/aromatic N) is 3. The molecular formula is C26H22N4O2S. The number of para-hydroxylation sites is 1. The van der Waals surface area contributed by atoms with Gasteiger partial charge in [0.2, 0.25) is 5.91 Å². The van der Waals surface area contributed by atoms with Crippen LogP contribution in [0, 0.1) is 0 Å². The fourth-order valence-electron chi connectivity index (χ4n) is 5.39. The smallest absolute Gasteiger partial charge is 0.259 e. The molecule has 3 aromatic carbocycles. The number of hydrazine groups is 1. The second kappa shape index (κ2) is 7.50. The van der Waals surface area contributed by atoms with E-state index in [0.717, 1.165) is 22.4 Å². The lowest BCUT2D eigenvalue weighted by molar-refractivity contribution is -0.143. The number of amides is 2. The highest BCUT2D eigenvalue weighted by molar-refractivity contribution is 7.80. The molecule has 3 aliphatic heterocycles. The van der Waals surface area contributed by atoms with Crippen LogP contribution >= 0.6 is 12.2 Å². The first-order valence-electron chi connectivity index (χ1n) is 11.0. The molecule has 2 saturated heterocycles. The lowest BCUT2D eigenvalue weighted by Gasteiger charge is -2.50. The molecule has 2 amide bonds. The monoisotopic (exact) mass is 454 g/mol. The van der Waals surface area contributed by atoms with Crippen LogP contribution in [0.15, 0.2) is 84.9 Å². The van der Waals surface area contributed by atoms with E-state index in [0.29, 0.717) is 19.5 Å². The SMILES string of the molecule is O=C1CCN2[C@@H](c3ccccc3)[C@@]3(NC(=S)N12)C(=O)N(Cc1ccccc1)c1ccccc13. The van der Waals surface area contributed by atoms with Crippen molar-refractivity contribution in [2.24, 2.45) is 0 Å². The van der Waals surface area contributed by atoms with Gasteiger partial charge in [0.1, 0.15) is 0 Å². The Hall–Kier alpha value is -3.55. The Labute approximate surface area is 197 Å². The number of benzene rings is 3. The predicted octanol–water partition coefficient (Wildman–Crippen LogP) is 3.51. The average Bonchev–Trinajstić information content (AvgIpc) is 3.33. The van der Waals surface area contributed by atoms with Crippen molar-refractivity contribution < 1.29 is 9.59 Å². The summed E-state index contributed by atoms with van der Waals surface area (Å²) in [4.78, 5) is 28.9. The summed E-state index contributed by atoms with van der Waals surface area (Å²) in [5, 5.41) is 7.15. The van der Waals surface area contributed by atoms with E-state index < -0.39 is 11.6 Å². The summed E-state index contributed by atoms with van der Waals surface area (Å²) in [6.07, 6.45) is 0.366. The molecule has 0 unspecified atom stereocenters. The van der Waals surface area contributed by atoms with Crippen molar-refractivity contribution in [3.8, 4) is 0 Å². The number of hydrogen-bond donors (Lipinski definition) is 1. The van der Waals surface area contributed by atoms with Crippen molar-refractivity contribution in [3.05, 3.63) is 102 Å². The molecule has 1 spiro atoms. The Morgan fingerprint density at radius 1 is 0.909 bits per heavy atom. The highest BCUT2D eigenvalue weighted by Crippen LogP contribution is 2.52. The molecule has 2 fully saturated rings. The maximum atomic E-state index is 14.4. The summed E-state index contributed by atoms with van der Waals surface area (Å²) < 4.78 is 0. The van der Waals surface area contributed by atoms with Crippen LogP contribution in [-0.2, 0) is 21.7 Å². The minimum atomic E-state index is -1.13. The van der Waals surface area contributed by atoms with Gasteiger partial charge in [-0.1, -0.05) is 78.9 Å². The average molecular weight is 455 g/mol. The van der Waals surface area contributed by atoms with Crippen LogP contribution in [0.5, 0.6) is 0 Å². The minimum Gasteiger partial charge on any atom is -0.341 e. The Morgan fingerprint density at radius 2 is 1.58 bits per heavy atom. The van der Waals surface area contributed by atoms with Gasteiger partial charge in [0.15, 0.2) is 10.7 Å². The topological polar surface area (TPSA) is 55.9 Å². The fourth-order valence-corrected chi connectivity index (χ4v) is 5.76. The first-order valence-corrected chi connectivity index (χ1v) is 11.4.